The van der Waals surface area contributed by atoms with Gasteiger partial charge in [-0.2, -0.15) is 0 Å². The van der Waals surface area contributed by atoms with Gasteiger partial charge in [-0.1, -0.05) is 146 Å². The Morgan fingerprint density at radius 2 is 1.27 bits per heavy atom. The van der Waals surface area contributed by atoms with E-state index in [-0.39, 0.29) is 6.04 Å². The second-order valence-corrected chi connectivity index (χ2v) is 15.4. The summed E-state index contributed by atoms with van der Waals surface area (Å²) in [6.45, 7) is 0. The molecule has 0 fully saturated rings. The fourth-order valence-electron chi connectivity index (χ4n) is 8.89. The predicted octanol–water partition coefficient (Wildman–Crippen LogP) is 13.6. The molecule has 0 amide bonds. The minimum Gasteiger partial charge on any atom is -0.454 e. The highest BCUT2D eigenvalue weighted by atomic mass is 32.1. The van der Waals surface area contributed by atoms with Crippen molar-refractivity contribution in [2.45, 2.75) is 12.5 Å². The summed E-state index contributed by atoms with van der Waals surface area (Å²) >= 11 is 1.87. The molecule has 0 spiro atoms. The van der Waals surface area contributed by atoms with Crippen molar-refractivity contribution in [3.63, 3.8) is 0 Å². The molecule has 12 rings (SSSR count). The molecule has 1 aliphatic rings. The number of rotatable bonds is 4. The lowest BCUT2D eigenvalue weighted by atomic mass is 9.91. The summed E-state index contributed by atoms with van der Waals surface area (Å²) in [6.07, 6.45) is 0.688. The van der Waals surface area contributed by atoms with Crippen molar-refractivity contribution >= 4 is 97.6 Å². The van der Waals surface area contributed by atoms with E-state index in [2.05, 4.69) is 168 Å². The summed E-state index contributed by atoms with van der Waals surface area (Å²) in [4.78, 5) is 10.5. The highest BCUT2D eigenvalue weighted by Gasteiger charge is 2.26. The number of nitrogens with zero attached hydrogens (tertiary/aromatic N) is 3. The summed E-state index contributed by atoms with van der Waals surface area (Å²) in [6, 6.07) is 60.5. The Morgan fingerprint density at radius 3 is 2.13 bits per heavy atom. The molecule has 8 aromatic carbocycles. The molecule has 0 N–H and O–H groups in total. The number of aliphatic imine (C=N–C) groups is 2. The Kier molecular flexibility index (Phi) is 6.59. The van der Waals surface area contributed by atoms with E-state index in [1.807, 2.05) is 17.4 Å². The van der Waals surface area contributed by atoms with Gasteiger partial charge in [0.1, 0.15) is 5.58 Å². The van der Waals surface area contributed by atoms with Crippen LogP contribution in [0.1, 0.15) is 29.2 Å². The first-order chi connectivity index (χ1) is 27.3. The summed E-state index contributed by atoms with van der Waals surface area (Å²) in [5.41, 5.74) is 9.43. The van der Waals surface area contributed by atoms with Crippen molar-refractivity contribution in [2.75, 3.05) is 0 Å². The van der Waals surface area contributed by atoms with Gasteiger partial charge in [0, 0.05) is 54.6 Å². The quantitative estimate of drug-likeness (QED) is 0.178. The van der Waals surface area contributed by atoms with E-state index >= 15 is 0 Å². The fourth-order valence-corrected chi connectivity index (χ4v) is 10.1. The number of fused-ring (bicyclic) bond motifs is 12. The number of aromatic nitrogens is 1. The smallest absolute Gasteiger partial charge is 0.159 e. The number of amidine groups is 1. The zero-order chi connectivity index (χ0) is 36.0. The fraction of sp³-hybridized carbons (Fsp3) is 0.0400. The summed E-state index contributed by atoms with van der Waals surface area (Å²) in [7, 11) is 0. The zero-order valence-electron chi connectivity index (χ0n) is 29.6. The van der Waals surface area contributed by atoms with Crippen molar-refractivity contribution in [3.05, 3.63) is 187 Å². The molecule has 0 saturated heterocycles. The number of hydrogen-bond acceptors (Lipinski definition) is 4. The molecule has 0 bridgehead atoms. The van der Waals surface area contributed by atoms with Crippen molar-refractivity contribution in [1.82, 2.24) is 4.57 Å². The Morgan fingerprint density at radius 1 is 0.582 bits per heavy atom. The summed E-state index contributed by atoms with van der Waals surface area (Å²) < 4.78 is 12.2. The van der Waals surface area contributed by atoms with Gasteiger partial charge in [-0.15, -0.1) is 11.3 Å². The topological polar surface area (TPSA) is 42.8 Å². The minimum absolute atomic E-state index is 0.0540. The first kappa shape index (κ1) is 30.6. The molecule has 0 radical (unpaired) electrons. The van der Waals surface area contributed by atoms with Crippen molar-refractivity contribution in [3.8, 4) is 5.69 Å². The van der Waals surface area contributed by atoms with Gasteiger partial charge in [-0.25, -0.2) is 4.99 Å². The van der Waals surface area contributed by atoms with E-state index in [1.54, 1.807) is 0 Å². The van der Waals surface area contributed by atoms with Gasteiger partial charge in [0.05, 0.1) is 33.2 Å². The second kappa shape index (κ2) is 11.8. The lowest BCUT2D eigenvalue weighted by molar-refractivity contribution is 0.666. The van der Waals surface area contributed by atoms with Crippen molar-refractivity contribution in [1.29, 1.82) is 0 Å². The molecule has 1 atom stereocenters. The van der Waals surface area contributed by atoms with E-state index < -0.39 is 0 Å². The maximum absolute atomic E-state index is 7.14. The molecule has 55 heavy (non-hydrogen) atoms. The van der Waals surface area contributed by atoms with Crippen LogP contribution in [-0.2, 0) is 0 Å². The first-order valence-corrected chi connectivity index (χ1v) is 19.6. The van der Waals surface area contributed by atoms with Crippen molar-refractivity contribution < 1.29 is 4.42 Å². The highest BCUT2D eigenvalue weighted by Crippen LogP contribution is 2.46. The maximum atomic E-state index is 7.14. The van der Waals surface area contributed by atoms with Gasteiger partial charge >= 0.3 is 0 Å². The van der Waals surface area contributed by atoms with Crippen molar-refractivity contribution in [2.24, 2.45) is 9.98 Å². The molecule has 3 aromatic heterocycles. The van der Waals surface area contributed by atoms with Crippen LogP contribution in [0.5, 0.6) is 0 Å². The molecule has 0 aliphatic carbocycles. The van der Waals surface area contributed by atoms with E-state index in [1.165, 1.54) is 42.0 Å². The highest BCUT2D eigenvalue weighted by molar-refractivity contribution is 7.26. The second-order valence-electron chi connectivity index (χ2n) is 14.4. The van der Waals surface area contributed by atoms with Crippen LogP contribution < -0.4 is 0 Å². The van der Waals surface area contributed by atoms with Crippen LogP contribution in [0.15, 0.2) is 184 Å². The molecule has 258 valence electrons. The number of furan rings is 1. The van der Waals surface area contributed by atoms with Gasteiger partial charge in [-0.05, 0) is 40.6 Å². The third-order valence-corrected chi connectivity index (χ3v) is 12.5. The number of hydrogen-bond donors (Lipinski definition) is 0. The van der Waals surface area contributed by atoms with E-state index in [0.717, 1.165) is 66.6 Å². The Hall–Kier alpha value is -6.82. The third-order valence-electron chi connectivity index (χ3n) is 11.3. The summed E-state index contributed by atoms with van der Waals surface area (Å²) in [5.74, 6) is 0.755. The van der Waals surface area contributed by atoms with Crippen LogP contribution in [0.25, 0.3) is 80.4 Å². The molecule has 0 saturated carbocycles. The van der Waals surface area contributed by atoms with E-state index in [4.69, 9.17) is 14.4 Å². The molecule has 4 heterocycles. The lowest BCUT2D eigenvalue weighted by Gasteiger charge is -2.22. The Labute approximate surface area is 319 Å². The summed E-state index contributed by atoms with van der Waals surface area (Å²) in [5, 5.41) is 9.59. The lowest BCUT2D eigenvalue weighted by Crippen LogP contribution is -2.17. The van der Waals surface area contributed by atoms with Gasteiger partial charge < -0.3 is 8.98 Å². The monoisotopic (exact) mass is 721 g/mol. The van der Waals surface area contributed by atoms with Gasteiger partial charge in [0.15, 0.2) is 11.4 Å². The minimum atomic E-state index is -0.0540. The largest absolute Gasteiger partial charge is 0.454 e. The predicted molar refractivity (Wildman–Crippen MR) is 232 cm³/mol. The van der Waals surface area contributed by atoms with Crippen LogP contribution in [0.2, 0.25) is 0 Å². The van der Waals surface area contributed by atoms with Crippen LogP contribution >= 0.6 is 11.3 Å². The maximum Gasteiger partial charge on any atom is 0.159 e. The first-order valence-electron chi connectivity index (χ1n) is 18.8. The average molecular weight is 722 g/mol. The molecule has 1 aliphatic heterocycles. The van der Waals surface area contributed by atoms with Crippen LogP contribution in [0, 0.1) is 0 Å². The standard InChI is InChI=1S/C50H31N3OS/c1-3-14-30(15-4-1)40-29-41(52-50(51-40)31-16-5-2-6-17-31)39-28-44-46(35-21-8-7-18-32(35)39)38-22-13-24-43(48(38)54-44)53-42-23-11-9-19-33(42)36-26-27-37-34-20-10-12-25-45(34)55-49(37)47(36)53/h1-28,40H,29H2. The number of para-hydroxylation sites is 2. The van der Waals surface area contributed by atoms with Crippen LogP contribution in [0.4, 0.5) is 0 Å². The average Bonchev–Trinajstić information content (AvgIpc) is 3.94. The number of benzene rings is 8. The molecule has 11 aromatic rings. The molecular weight excluding hydrogens is 691 g/mol. The SMILES string of the molecule is c1ccc(C2=NC(c3ccccc3)CC(c3cc4oc5c(-n6c7ccccc7c7ccc8c9ccccc9sc8c76)cccc5c4c4ccccc34)=N2)cc1. The number of thiophene rings is 1. The molecular formula is C50H31N3OS. The van der Waals surface area contributed by atoms with Crippen LogP contribution in [-0.4, -0.2) is 16.1 Å². The van der Waals surface area contributed by atoms with Gasteiger partial charge in [0.2, 0.25) is 0 Å². The molecule has 1 unspecified atom stereocenters. The van der Waals surface area contributed by atoms with E-state index in [9.17, 15) is 0 Å². The molecule has 4 nitrogen and oxygen atoms in total. The normalized spacial score (nSPS) is 14.9. The Bertz CT molecular complexity index is 3400. The molecule has 5 heteroatoms. The third kappa shape index (κ3) is 4.57. The zero-order valence-corrected chi connectivity index (χ0v) is 30.4. The van der Waals surface area contributed by atoms with Crippen LogP contribution in [0.3, 0.4) is 0 Å². The van der Waals surface area contributed by atoms with Gasteiger partial charge in [-0.3, -0.25) is 4.99 Å². The Balaban J connectivity index is 1.13. The van der Waals surface area contributed by atoms with Gasteiger partial charge in [0.25, 0.3) is 0 Å². The van der Waals surface area contributed by atoms with E-state index in [0.29, 0.717) is 6.42 Å².